The molecule has 1 fully saturated rings. The van der Waals surface area contributed by atoms with Gasteiger partial charge in [0.2, 0.25) is 5.91 Å². The molecule has 19 heavy (non-hydrogen) atoms. The number of rotatable bonds is 3. The first kappa shape index (κ1) is 13.0. The van der Waals surface area contributed by atoms with E-state index < -0.39 is 11.9 Å². The van der Waals surface area contributed by atoms with Crippen LogP contribution in [0.5, 0.6) is 0 Å². The van der Waals surface area contributed by atoms with E-state index in [1.807, 2.05) is 0 Å². The summed E-state index contributed by atoms with van der Waals surface area (Å²) in [6, 6.07) is 3.48. The minimum Gasteiger partial charge on any atom is -0.478 e. The number of carboxylic acid groups (broad SMARTS) is 2. The van der Waals surface area contributed by atoms with Crippen LogP contribution in [0.1, 0.15) is 27.1 Å². The van der Waals surface area contributed by atoms with Crippen molar-refractivity contribution in [3.05, 3.63) is 29.3 Å². The Morgan fingerprint density at radius 2 is 1.84 bits per heavy atom. The Labute approximate surface area is 108 Å². The fourth-order valence-electron chi connectivity index (χ4n) is 2.05. The topological polar surface area (TPSA) is 121 Å². The van der Waals surface area contributed by atoms with Crippen LogP contribution in [-0.4, -0.2) is 40.6 Å². The number of carbonyl (C=O) groups is 3. The second-order valence-electron chi connectivity index (χ2n) is 4.31. The zero-order valence-corrected chi connectivity index (χ0v) is 9.87. The van der Waals surface area contributed by atoms with E-state index in [1.165, 1.54) is 23.1 Å². The van der Waals surface area contributed by atoms with Crippen LogP contribution in [-0.2, 0) is 4.79 Å². The first-order valence-electron chi connectivity index (χ1n) is 5.56. The van der Waals surface area contributed by atoms with E-state index in [0.29, 0.717) is 12.2 Å². The second kappa shape index (κ2) is 4.69. The first-order chi connectivity index (χ1) is 8.90. The van der Waals surface area contributed by atoms with Gasteiger partial charge < -0.3 is 20.8 Å². The first-order valence-corrected chi connectivity index (χ1v) is 5.56. The molecule has 1 atom stereocenters. The Bertz CT molecular complexity index is 569. The molecule has 1 amide bonds. The van der Waals surface area contributed by atoms with E-state index in [0.717, 1.165) is 0 Å². The van der Waals surface area contributed by atoms with Gasteiger partial charge in [-0.25, -0.2) is 9.59 Å². The van der Waals surface area contributed by atoms with Crippen molar-refractivity contribution in [3.63, 3.8) is 0 Å². The fourth-order valence-corrected chi connectivity index (χ4v) is 2.05. The number of hydrogen-bond acceptors (Lipinski definition) is 4. The molecule has 0 radical (unpaired) electrons. The minimum absolute atomic E-state index is 0.198. The van der Waals surface area contributed by atoms with Crippen LogP contribution in [0.15, 0.2) is 18.2 Å². The molecule has 0 saturated carbocycles. The van der Waals surface area contributed by atoms with Crippen molar-refractivity contribution in [2.45, 2.75) is 12.5 Å². The summed E-state index contributed by atoms with van der Waals surface area (Å²) in [7, 11) is 0. The Kier molecular flexibility index (Phi) is 3.22. The number of aromatic carboxylic acids is 2. The third kappa shape index (κ3) is 2.41. The van der Waals surface area contributed by atoms with Crippen molar-refractivity contribution in [2.75, 3.05) is 11.4 Å². The summed E-state index contributed by atoms with van der Waals surface area (Å²) in [5.74, 6) is -2.88. The Morgan fingerprint density at radius 1 is 1.21 bits per heavy atom. The highest BCUT2D eigenvalue weighted by molar-refractivity contribution is 6.04. The molecule has 0 aromatic heterocycles. The number of amides is 1. The molecular weight excluding hydrogens is 252 g/mol. The largest absolute Gasteiger partial charge is 0.478 e. The van der Waals surface area contributed by atoms with Crippen molar-refractivity contribution < 1.29 is 24.6 Å². The van der Waals surface area contributed by atoms with Crippen LogP contribution in [0, 0.1) is 0 Å². The summed E-state index contributed by atoms with van der Waals surface area (Å²) in [5, 5.41) is 17.9. The van der Waals surface area contributed by atoms with Gasteiger partial charge in [0.15, 0.2) is 0 Å². The van der Waals surface area contributed by atoms with E-state index in [9.17, 15) is 14.4 Å². The lowest BCUT2D eigenvalue weighted by atomic mass is 10.1. The lowest BCUT2D eigenvalue weighted by Gasteiger charge is -2.17. The van der Waals surface area contributed by atoms with Gasteiger partial charge in [-0.15, -0.1) is 0 Å². The monoisotopic (exact) mass is 264 g/mol. The second-order valence-corrected chi connectivity index (χ2v) is 4.31. The SMILES string of the molecule is NC1CC(=O)N(c2ccc(C(=O)O)c(C(=O)O)c2)C1. The maximum atomic E-state index is 11.7. The van der Waals surface area contributed by atoms with Crippen LogP contribution in [0.4, 0.5) is 5.69 Å². The number of nitrogens with two attached hydrogens (primary N) is 1. The molecule has 1 heterocycles. The molecular formula is C12H12N2O5. The van der Waals surface area contributed by atoms with Gasteiger partial charge in [-0.3, -0.25) is 4.79 Å². The van der Waals surface area contributed by atoms with Gasteiger partial charge in [-0.1, -0.05) is 0 Å². The molecule has 1 aromatic rings. The lowest BCUT2D eigenvalue weighted by molar-refractivity contribution is -0.117. The third-order valence-electron chi connectivity index (χ3n) is 2.93. The summed E-state index contributed by atoms with van der Waals surface area (Å²) in [4.78, 5) is 35.0. The third-order valence-corrected chi connectivity index (χ3v) is 2.93. The van der Waals surface area contributed by atoms with Crippen LogP contribution in [0.2, 0.25) is 0 Å². The minimum atomic E-state index is -1.35. The van der Waals surface area contributed by atoms with Crippen molar-refractivity contribution in [1.29, 1.82) is 0 Å². The number of hydrogen-bond donors (Lipinski definition) is 3. The van der Waals surface area contributed by atoms with Crippen LogP contribution in [0.3, 0.4) is 0 Å². The van der Waals surface area contributed by atoms with E-state index in [-0.39, 0.29) is 29.5 Å². The summed E-state index contributed by atoms with van der Waals surface area (Å²) < 4.78 is 0. The van der Waals surface area contributed by atoms with Gasteiger partial charge in [0.1, 0.15) is 0 Å². The molecule has 4 N–H and O–H groups in total. The standard InChI is InChI=1S/C12H12N2O5/c13-6-3-10(15)14(5-6)7-1-2-8(11(16)17)9(4-7)12(18)19/h1-2,4,6H,3,5,13H2,(H,16,17)(H,18,19). The summed E-state index contributed by atoms with van der Waals surface area (Å²) in [6.45, 7) is 0.296. The van der Waals surface area contributed by atoms with Crippen LogP contribution >= 0.6 is 0 Å². The van der Waals surface area contributed by atoms with Gasteiger partial charge >= 0.3 is 11.9 Å². The highest BCUT2D eigenvalue weighted by Crippen LogP contribution is 2.24. The average molecular weight is 264 g/mol. The Hall–Kier alpha value is -2.41. The van der Waals surface area contributed by atoms with Gasteiger partial charge in [0, 0.05) is 24.7 Å². The highest BCUT2D eigenvalue weighted by Gasteiger charge is 2.29. The zero-order valence-electron chi connectivity index (χ0n) is 9.87. The normalized spacial score (nSPS) is 18.7. The van der Waals surface area contributed by atoms with E-state index >= 15 is 0 Å². The summed E-state index contributed by atoms with van der Waals surface area (Å²) in [6.07, 6.45) is 0.198. The maximum absolute atomic E-state index is 11.7. The summed E-state index contributed by atoms with van der Waals surface area (Å²) >= 11 is 0. The predicted octanol–water partition coefficient (Wildman–Crippen LogP) is 0.147. The van der Waals surface area contributed by atoms with Gasteiger partial charge in [-0.05, 0) is 18.2 Å². The van der Waals surface area contributed by atoms with Crippen molar-refractivity contribution >= 4 is 23.5 Å². The molecule has 2 rings (SSSR count). The Morgan fingerprint density at radius 3 is 2.32 bits per heavy atom. The van der Waals surface area contributed by atoms with Crippen molar-refractivity contribution in [1.82, 2.24) is 0 Å². The summed E-state index contributed by atoms with van der Waals surface area (Å²) in [5.41, 5.74) is 5.34. The molecule has 0 bridgehead atoms. The lowest BCUT2D eigenvalue weighted by Crippen LogP contribution is -2.28. The highest BCUT2D eigenvalue weighted by atomic mass is 16.4. The molecule has 1 saturated heterocycles. The van der Waals surface area contributed by atoms with Crippen LogP contribution < -0.4 is 10.6 Å². The molecule has 1 aliphatic rings. The molecule has 1 unspecified atom stereocenters. The van der Waals surface area contributed by atoms with Crippen molar-refractivity contribution in [3.8, 4) is 0 Å². The number of carbonyl (C=O) groups excluding carboxylic acids is 1. The molecule has 1 aliphatic heterocycles. The van der Waals surface area contributed by atoms with E-state index in [4.69, 9.17) is 15.9 Å². The number of carboxylic acids is 2. The fraction of sp³-hybridized carbons (Fsp3) is 0.250. The average Bonchev–Trinajstić information content (AvgIpc) is 2.67. The van der Waals surface area contributed by atoms with Crippen molar-refractivity contribution in [2.24, 2.45) is 5.73 Å². The van der Waals surface area contributed by atoms with E-state index in [1.54, 1.807) is 0 Å². The maximum Gasteiger partial charge on any atom is 0.336 e. The van der Waals surface area contributed by atoms with Gasteiger partial charge in [-0.2, -0.15) is 0 Å². The molecule has 1 aromatic carbocycles. The quantitative estimate of drug-likeness (QED) is 0.714. The molecule has 100 valence electrons. The predicted molar refractivity (Wildman–Crippen MR) is 65.3 cm³/mol. The molecule has 0 spiro atoms. The molecule has 7 heteroatoms. The number of benzene rings is 1. The Balaban J connectivity index is 2.44. The number of nitrogens with zero attached hydrogens (tertiary/aromatic N) is 1. The molecule has 0 aliphatic carbocycles. The zero-order chi connectivity index (χ0) is 14.2. The van der Waals surface area contributed by atoms with E-state index in [2.05, 4.69) is 0 Å². The van der Waals surface area contributed by atoms with Crippen LogP contribution in [0.25, 0.3) is 0 Å². The van der Waals surface area contributed by atoms with Gasteiger partial charge in [0.25, 0.3) is 0 Å². The smallest absolute Gasteiger partial charge is 0.336 e. The molecule has 7 nitrogen and oxygen atoms in total. The van der Waals surface area contributed by atoms with Gasteiger partial charge in [0.05, 0.1) is 11.1 Å². The number of anilines is 1.